The van der Waals surface area contributed by atoms with Gasteiger partial charge >= 0.3 is 0 Å². The lowest BCUT2D eigenvalue weighted by Gasteiger charge is -2.32. The molecule has 0 N–H and O–H groups in total. The quantitative estimate of drug-likeness (QED) is 0.790. The molecule has 3 rings (SSSR count). The molecule has 1 saturated heterocycles. The molecule has 3 heteroatoms. The van der Waals surface area contributed by atoms with Crippen molar-refractivity contribution in [1.82, 2.24) is 4.57 Å². The van der Waals surface area contributed by atoms with Gasteiger partial charge in [0.05, 0.1) is 10.7 Å². The summed E-state index contributed by atoms with van der Waals surface area (Å²) in [6.45, 7) is 4.56. The predicted octanol–water partition coefficient (Wildman–Crippen LogP) is 4.37. The second-order valence-corrected chi connectivity index (χ2v) is 5.80. The van der Waals surface area contributed by atoms with E-state index in [1.807, 2.05) is 24.5 Å². The molecule has 0 bridgehead atoms. The molecule has 2 heterocycles. The third-order valence-electron chi connectivity index (χ3n) is 3.96. The number of piperidine rings is 1. The molecule has 100 valence electrons. The lowest BCUT2D eigenvalue weighted by Crippen LogP contribution is -2.32. The standard InChI is InChI=1S/C16H19ClN2/c1-13-6-10-19(11-7-13)16-5-4-14(12-15(16)17)18-8-2-3-9-18/h2-5,8-9,12-13H,6-7,10-11H2,1H3. The smallest absolute Gasteiger partial charge is 0.0660 e. The Hall–Kier alpha value is -1.41. The van der Waals surface area contributed by atoms with E-state index in [4.69, 9.17) is 11.6 Å². The van der Waals surface area contributed by atoms with Crippen LogP contribution in [0.2, 0.25) is 5.02 Å². The first kappa shape index (κ1) is 12.6. The topological polar surface area (TPSA) is 8.17 Å². The molecule has 0 spiro atoms. The van der Waals surface area contributed by atoms with Gasteiger partial charge in [0.1, 0.15) is 0 Å². The first-order chi connectivity index (χ1) is 9.24. The number of rotatable bonds is 2. The van der Waals surface area contributed by atoms with E-state index in [2.05, 4.69) is 34.6 Å². The fraction of sp³-hybridized carbons (Fsp3) is 0.375. The molecular weight excluding hydrogens is 256 g/mol. The van der Waals surface area contributed by atoms with Crippen molar-refractivity contribution < 1.29 is 0 Å². The van der Waals surface area contributed by atoms with Crippen LogP contribution in [-0.4, -0.2) is 17.7 Å². The Bertz CT molecular complexity index is 540. The summed E-state index contributed by atoms with van der Waals surface area (Å²) in [4.78, 5) is 2.40. The Morgan fingerprint density at radius 2 is 1.79 bits per heavy atom. The average molecular weight is 275 g/mol. The molecule has 0 atom stereocenters. The minimum absolute atomic E-state index is 0.842. The third kappa shape index (κ3) is 2.64. The normalized spacial score (nSPS) is 16.8. The number of benzene rings is 1. The van der Waals surface area contributed by atoms with Crippen LogP contribution in [0, 0.1) is 5.92 Å². The Balaban J connectivity index is 1.84. The lowest BCUT2D eigenvalue weighted by atomic mass is 9.99. The highest BCUT2D eigenvalue weighted by atomic mass is 35.5. The first-order valence-electron chi connectivity index (χ1n) is 6.92. The van der Waals surface area contributed by atoms with E-state index >= 15 is 0 Å². The second kappa shape index (κ2) is 5.30. The zero-order valence-electron chi connectivity index (χ0n) is 11.2. The zero-order chi connectivity index (χ0) is 13.2. The molecule has 2 nitrogen and oxygen atoms in total. The van der Waals surface area contributed by atoms with Crippen molar-refractivity contribution in [1.29, 1.82) is 0 Å². The highest BCUT2D eigenvalue weighted by Crippen LogP contribution is 2.31. The van der Waals surface area contributed by atoms with Gasteiger partial charge in [-0.15, -0.1) is 0 Å². The SMILES string of the molecule is CC1CCN(c2ccc(-n3cccc3)cc2Cl)CC1. The van der Waals surface area contributed by atoms with Gasteiger partial charge in [0.25, 0.3) is 0 Å². The van der Waals surface area contributed by atoms with E-state index < -0.39 is 0 Å². The van der Waals surface area contributed by atoms with Crippen molar-refractivity contribution in [2.24, 2.45) is 5.92 Å². The Morgan fingerprint density at radius 1 is 1.11 bits per heavy atom. The fourth-order valence-corrected chi connectivity index (χ4v) is 2.96. The average Bonchev–Trinajstić information content (AvgIpc) is 2.94. The monoisotopic (exact) mass is 274 g/mol. The minimum atomic E-state index is 0.842. The Labute approximate surface area is 119 Å². The number of aromatic nitrogens is 1. The summed E-state index contributed by atoms with van der Waals surface area (Å²) in [6.07, 6.45) is 6.59. The molecule has 0 saturated carbocycles. The van der Waals surface area contributed by atoms with Gasteiger partial charge in [-0.2, -0.15) is 0 Å². The number of anilines is 1. The van der Waals surface area contributed by atoms with Gasteiger partial charge in [0, 0.05) is 31.2 Å². The molecule has 19 heavy (non-hydrogen) atoms. The van der Waals surface area contributed by atoms with E-state index in [1.165, 1.54) is 18.5 Å². The molecule has 1 fully saturated rings. The van der Waals surface area contributed by atoms with Crippen LogP contribution >= 0.6 is 11.6 Å². The summed E-state index contributed by atoms with van der Waals surface area (Å²) in [6, 6.07) is 10.4. The number of nitrogens with zero attached hydrogens (tertiary/aromatic N) is 2. The zero-order valence-corrected chi connectivity index (χ0v) is 12.0. The lowest BCUT2D eigenvalue weighted by molar-refractivity contribution is 0.438. The van der Waals surface area contributed by atoms with Crippen LogP contribution in [0.15, 0.2) is 42.7 Å². The highest BCUT2D eigenvalue weighted by Gasteiger charge is 2.18. The molecule has 2 aromatic rings. The molecule has 1 aromatic carbocycles. The van der Waals surface area contributed by atoms with Crippen molar-refractivity contribution in [3.05, 3.63) is 47.7 Å². The molecule has 0 radical (unpaired) electrons. The molecule has 0 unspecified atom stereocenters. The van der Waals surface area contributed by atoms with Crippen molar-refractivity contribution in [3.8, 4) is 5.69 Å². The summed E-state index contributed by atoms with van der Waals surface area (Å²) in [5, 5.41) is 0.848. The third-order valence-corrected chi connectivity index (χ3v) is 4.26. The fourth-order valence-electron chi connectivity index (χ4n) is 2.67. The molecular formula is C16H19ClN2. The molecule has 0 aliphatic carbocycles. The van der Waals surface area contributed by atoms with Crippen LogP contribution in [0.25, 0.3) is 5.69 Å². The van der Waals surface area contributed by atoms with Crippen molar-refractivity contribution in [3.63, 3.8) is 0 Å². The minimum Gasteiger partial charge on any atom is -0.370 e. The second-order valence-electron chi connectivity index (χ2n) is 5.40. The van der Waals surface area contributed by atoms with Crippen LogP contribution in [0.4, 0.5) is 5.69 Å². The van der Waals surface area contributed by atoms with Crippen molar-refractivity contribution in [2.75, 3.05) is 18.0 Å². The maximum atomic E-state index is 6.46. The van der Waals surface area contributed by atoms with Crippen LogP contribution in [0.1, 0.15) is 19.8 Å². The van der Waals surface area contributed by atoms with E-state index in [1.54, 1.807) is 0 Å². The molecule has 1 aliphatic rings. The van der Waals surface area contributed by atoms with Gasteiger partial charge in [0.15, 0.2) is 0 Å². The number of halogens is 1. The Kier molecular flexibility index (Phi) is 3.52. The number of hydrogen-bond donors (Lipinski definition) is 0. The van der Waals surface area contributed by atoms with E-state index in [0.29, 0.717) is 0 Å². The van der Waals surface area contributed by atoms with E-state index in [-0.39, 0.29) is 0 Å². The summed E-state index contributed by atoms with van der Waals surface area (Å²) in [5.41, 5.74) is 2.29. The molecule has 1 aliphatic heterocycles. The van der Waals surface area contributed by atoms with Crippen molar-refractivity contribution >= 4 is 17.3 Å². The molecule has 0 amide bonds. The summed E-state index contributed by atoms with van der Waals surface area (Å²) >= 11 is 6.46. The largest absolute Gasteiger partial charge is 0.370 e. The van der Waals surface area contributed by atoms with Crippen LogP contribution in [-0.2, 0) is 0 Å². The highest BCUT2D eigenvalue weighted by molar-refractivity contribution is 6.33. The van der Waals surface area contributed by atoms with Crippen LogP contribution < -0.4 is 4.90 Å². The summed E-state index contributed by atoms with van der Waals surface area (Å²) in [5.74, 6) is 0.842. The van der Waals surface area contributed by atoms with E-state index in [9.17, 15) is 0 Å². The van der Waals surface area contributed by atoms with Crippen LogP contribution in [0.3, 0.4) is 0 Å². The van der Waals surface area contributed by atoms with Gasteiger partial charge in [0.2, 0.25) is 0 Å². The molecule has 1 aromatic heterocycles. The van der Waals surface area contributed by atoms with Crippen LogP contribution in [0.5, 0.6) is 0 Å². The van der Waals surface area contributed by atoms with Crippen molar-refractivity contribution in [2.45, 2.75) is 19.8 Å². The number of hydrogen-bond acceptors (Lipinski definition) is 1. The van der Waals surface area contributed by atoms with Gasteiger partial charge < -0.3 is 9.47 Å². The van der Waals surface area contributed by atoms with Gasteiger partial charge in [-0.25, -0.2) is 0 Å². The van der Waals surface area contributed by atoms with E-state index in [0.717, 1.165) is 29.7 Å². The first-order valence-corrected chi connectivity index (χ1v) is 7.29. The van der Waals surface area contributed by atoms with Gasteiger partial charge in [-0.05, 0) is 49.1 Å². The Morgan fingerprint density at radius 3 is 2.42 bits per heavy atom. The maximum absolute atomic E-state index is 6.46. The summed E-state index contributed by atoms with van der Waals surface area (Å²) < 4.78 is 2.08. The summed E-state index contributed by atoms with van der Waals surface area (Å²) in [7, 11) is 0. The van der Waals surface area contributed by atoms with Gasteiger partial charge in [-0.1, -0.05) is 18.5 Å². The van der Waals surface area contributed by atoms with Gasteiger partial charge in [-0.3, -0.25) is 0 Å². The predicted molar refractivity (Wildman–Crippen MR) is 81.4 cm³/mol. The maximum Gasteiger partial charge on any atom is 0.0660 e.